The fourth-order valence-electron chi connectivity index (χ4n) is 4.01. The highest BCUT2D eigenvalue weighted by molar-refractivity contribution is 9.10. The number of benzene rings is 1. The van der Waals surface area contributed by atoms with Crippen molar-refractivity contribution in [3.63, 3.8) is 0 Å². The van der Waals surface area contributed by atoms with E-state index in [1.54, 1.807) is 6.07 Å². The molecule has 9 nitrogen and oxygen atoms in total. The van der Waals surface area contributed by atoms with E-state index < -0.39 is 9.84 Å². The molecule has 35 heavy (non-hydrogen) atoms. The summed E-state index contributed by atoms with van der Waals surface area (Å²) in [6.45, 7) is 6.83. The van der Waals surface area contributed by atoms with Crippen molar-refractivity contribution < 1.29 is 8.42 Å². The molecule has 0 amide bonds. The molecule has 1 aliphatic heterocycles. The summed E-state index contributed by atoms with van der Waals surface area (Å²) in [7, 11) is -1.38. The van der Waals surface area contributed by atoms with E-state index in [0.29, 0.717) is 23.3 Å². The molecule has 3 aromatic rings. The number of pyridine rings is 1. The lowest BCUT2D eigenvalue weighted by molar-refractivity contribution is 0.152. The number of rotatable bonds is 11. The lowest BCUT2D eigenvalue weighted by Crippen LogP contribution is -2.44. The van der Waals surface area contributed by atoms with Crippen molar-refractivity contribution in [3.05, 3.63) is 47.3 Å². The molecule has 1 aromatic carbocycles. The number of piperazine rings is 1. The summed E-state index contributed by atoms with van der Waals surface area (Å²) in [6.07, 6.45) is 5.07. The van der Waals surface area contributed by atoms with Gasteiger partial charge in [0.1, 0.15) is 12.1 Å². The number of likely N-dealkylation sites (N-methyl/N-ethyl adjacent to an activating group) is 1. The van der Waals surface area contributed by atoms with Gasteiger partial charge in [-0.25, -0.2) is 23.4 Å². The van der Waals surface area contributed by atoms with E-state index in [4.69, 9.17) is 0 Å². The molecule has 2 aromatic heterocycles. The number of anilines is 2. The third kappa shape index (κ3) is 7.40. The number of unbranched alkanes of at least 4 members (excludes halogenated alkanes) is 1. The second kappa shape index (κ2) is 12.2. The van der Waals surface area contributed by atoms with Crippen molar-refractivity contribution in [2.24, 2.45) is 0 Å². The fourth-order valence-corrected chi connectivity index (χ4v) is 5.54. The van der Waals surface area contributed by atoms with Crippen LogP contribution >= 0.6 is 15.9 Å². The Hall–Kier alpha value is -2.18. The van der Waals surface area contributed by atoms with E-state index in [1.807, 2.05) is 24.3 Å². The van der Waals surface area contributed by atoms with Crippen molar-refractivity contribution in [2.75, 3.05) is 63.9 Å². The lowest BCUT2D eigenvalue weighted by Gasteiger charge is -2.32. The van der Waals surface area contributed by atoms with Gasteiger partial charge in [-0.15, -0.1) is 0 Å². The van der Waals surface area contributed by atoms with Crippen molar-refractivity contribution in [2.45, 2.75) is 17.9 Å². The number of aromatic nitrogens is 3. The van der Waals surface area contributed by atoms with Crippen molar-refractivity contribution >= 4 is 48.2 Å². The Morgan fingerprint density at radius 2 is 1.86 bits per heavy atom. The summed E-state index contributed by atoms with van der Waals surface area (Å²) < 4.78 is 26.8. The molecule has 1 aliphatic rings. The summed E-state index contributed by atoms with van der Waals surface area (Å²) in [5, 5.41) is 7.15. The normalized spacial score (nSPS) is 15.5. The third-order valence-corrected chi connectivity index (χ3v) is 8.22. The Morgan fingerprint density at radius 1 is 1.03 bits per heavy atom. The molecule has 2 N–H and O–H groups in total. The van der Waals surface area contributed by atoms with Gasteiger partial charge in [-0.1, -0.05) is 22.0 Å². The van der Waals surface area contributed by atoms with Gasteiger partial charge in [0.15, 0.2) is 14.9 Å². The molecule has 0 aliphatic carbocycles. The highest BCUT2D eigenvalue weighted by atomic mass is 79.9. The number of hydrogen-bond acceptors (Lipinski definition) is 9. The zero-order chi connectivity index (χ0) is 24.7. The van der Waals surface area contributed by atoms with Crippen molar-refractivity contribution in [3.8, 4) is 0 Å². The summed E-state index contributed by atoms with van der Waals surface area (Å²) in [4.78, 5) is 17.6. The van der Waals surface area contributed by atoms with Gasteiger partial charge in [-0.2, -0.15) is 0 Å². The smallest absolute Gasteiger partial charge is 0.196 e. The number of sulfone groups is 1. The molecule has 0 unspecified atom stereocenters. The molecule has 0 spiro atoms. The minimum absolute atomic E-state index is 0.00789. The first-order valence-electron chi connectivity index (χ1n) is 11.9. The first kappa shape index (κ1) is 25.9. The number of hydrogen-bond donors (Lipinski definition) is 2. The van der Waals surface area contributed by atoms with Gasteiger partial charge in [0.2, 0.25) is 0 Å². The maximum atomic E-state index is 12.9. The maximum Gasteiger partial charge on any atom is 0.196 e. The fraction of sp³-hybridized carbons (Fsp3) is 0.458. The molecule has 1 saturated heterocycles. The predicted molar refractivity (Wildman–Crippen MR) is 143 cm³/mol. The van der Waals surface area contributed by atoms with Gasteiger partial charge in [-0.05, 0) is 57.2 Å². The number of nitrogens with one attached hydrogen (secondary N) is 2. The van der Waals surface area contributed by atoms with Crippen LogP contribution in [0.25, 0.3) is 10.9 Å². The van der Waals surface area contributed by atoms with E-state index >= 15 is 0 Å². The van der Waals surface area contributed by atoms with Crippen LogP contribution in [0.2, 0.25) is 0 Å². The third-order valence-electron chi connectivity index (χ3n) is 6.12. The maximum absolute atomic E-state index is 12.9. The van der Waals surface area contributed by atoms with Crippen LogP contribution in [0.4, 0.5) is 11.5 Å². The van der Waals surface area contributed by atoms with E-state index in [-0.39, 0.29) is 10.8 Å². The van der Waals surface area contributed by atoms with Crippen LogP contribution in [0.15, 0.2) is 52.4 Å². The minimum Gasteiger partial charge on any atom is -0.340 e. The Morgan fingerprint density at radius 3 is 2.66 bits per heavy atom. The van der Waals surface area contributed by atoms with Crippen LogP contribution in [0, 0.1) is 0 Å². The first-order chi connectivity index (χ1) is 16.9. The van der Waals surface area contributed by atoms with Crippen molar-refractivity contribution in [1.29, 1.82) is 0 Å². The summed E-state index contributed by atoms with van der Waals surface area (Å²) in [5.74, 6) is 0.525. The van der Waals surface area contributed by atoms with Gasteiger partial charge < -0.3 is 20.4 Å². The molecule has 1 fully saturated rings. The van der Waals surface area contributed by atoms with E-state index in [2.05, 4.69) is 58.4 Å². The van der Waals surface area contributed by atoms with Gasteiger partial charge in [0.05, 0.1) is 17.5 Å². The Balaban J connectivity index is 1.30. The molecule has 3 heterocycles. The Labute approximate surface area is 215 Å². The SMILES string of the molecule is CN1CCN(CCCCNCCS(=O)(=O)c2cc3c(Nc4cccc(Br)c4)ncnc3cn2)CC1. The molecule has 11 heteroatoms. The second-order valence-electron chi connectivity index (χ2n) is 8.82. The summed E-state index contributed by atoms with van der Waals surface area (Å²) >= 11 is 3.46. The second-order valence-corrected chi connectivity index (χ2v) is 11.8. The molecule has 188 valence electrons. The van der Waals surface area contributed by atoms with Gasteiger partial charge in [0.25, 0.3) is 0 Å². The highest BCUT2D eigenvalue weighted by Crippen LogP contribution is 2.26. The molecule has 0 atom stereocenters. The van der Waals surface area contributed by atoms with Crippen LogP contribution in [0.3, 0.4) is 0 Å². The minimum atomic E-state index is -3.54. The van der Waals surface area contributed by atoms with Crippen LogP contribution in [-0.2, 0) is 9.84 Å². The Bertz CT molecular complexity index is 1230. The van der Waals surface area contributed by atoms with E-state index in [1.165, 1.54) is 12.5 Å². The average Bonchev–Trinajstić information content (AvgIpc) is 2.84. The molecular weight excluding hydrogens is 530 g/mol. The van der Waals surface area contributed by atoms with Crippen LogP contribution < -0.4 is 10.6 Å². The largest absolute Gasteiger partial charge is 0.340 e. The summed E-state index contributed by atoms with van der Waals surface area (Å²) in [5.41, 5.74) is 1.41. The number of nitrogens with zero attached hydrogens (tertiary/aromatic N) is 5. The van der Waals surface area contributed by atoms with Gasteiger partial charge in [-0.3, -0.25) is 0 Å². The van der Waals surface area contributed by atoms with Gasteiger partial charge >= 0.3 is 0 Å². The van der Waals surface area contributed by atoms with Crippen LogP contribution in [0.1, 0.15) is 12.8 Å². The summed E-state index contributed by atoms with van der Waals surface area (Å²) in [6, 6.07) is 9.23. The molecular formula is C24H32BrN7O2S. The quantitative estimate of drug-likeness (QED) is 0.342. The first-order valence-corrected chi connectivity index (χ1v) is 14.3. The van der Waals surface area contributed by atoms with Crippen molar-refractivity contribution in [1.82, 2.24) is 30.1 Å². The monoisotopic (exact) mass is 561 g/mol. The highest BCUT2D eigenvalue weighted by Gasteiger charge is 2.18. The predicted octanol–water partition coefficient (Wildman–Crippen LogP) is 2.92. The van der Waals surface area contributed by atoms with Gasteiger partial charge in [0, 0.05) is 48.3 Å². The average molecular weight is 563 g/mol. The van der Waals surface area contributed by atoms with E-state index in [0.717, 1.165) is 62.3 Å². The zero-order valence-corrected chi connectivity index (χ0v) is 22.4. The van der Waals surface area contributed by atoms with Crippen LogP contribution in [-0.4, -0.2) is 91.8 Å². The molecule has 0 bridgehead atoms. The Kier molecular flexibility index (Phi) is 9.01. The standard InChI is InChI=1S/C24H32BrN7O2S/c1-31-10-12-32(13-11-31)9-3-2-7-26-8-14-35(33,34)23-16-21-22(17-27-23)28-18-29-24(21)30-20-6-4-5-19(25)15-20/h4-6,15-18,26H,2-3,7-14H2,1H3,(H,28,29,30). The molecule has 0 radical (unpaired) electrons. The molecule has 4 rings (SSSR count). The van der Waals surface area contributed by atoms with Crippen LogP contribution in [0.5, 0.6) is 0 Å². The number of fused-ring (bicyclic) bond motifs is 1. The van der Waals surface area contributed by atoms with E-state index in [9.17, 15) is 8.42 Å². The topological polar surface area (TPSA) is 103 Å². The molecule has 0 saturated carbocycles. The zero-order valence-electron chi connectivity index (χ0n) is 20.0. The number of halogens is 1. The lowest BCUT2D eigenvalue weighted by atomic mass is 10.2.